The number of aliphatic hydroxyl groups is 1. The van der Waals surface area contributed by atoms with Crippen molar-refractivity contribution < 1.29 is 9.90 Å². The van der Waals surface area contributed by atoms with Crippen LogP contribution in [0.1, 0.15) is 33.1 Å². The number of rotatable bonds is 7. The highest BCUT2D eigenvalue weighted by Gasteiger charge is 2.20. The van der Waals surface area contributed by atoms with Gasteiger partial charge in [0.2, 0.25) is 5.91 Å². The molecule has 5 heteroatoms. The number of thiocarbonyl (C=S) groups is 1. The summed E-state index contributed by atoms with van der Waals surface area (Å²) in [6, 6.07) is 0.166. The van der Waals surface area contributed by atoms with Crippen molar-refractivity contribution in [3.05, 3.63) is 0 Å². The molecular weight excluding hydrogens is 212 g/mol. The highest BCUT2D eigenvalue weighted by Crippen LogP contribution is 2.09. The minimum atomic E-state index is -0.0924. The van der Waals surface area contributed by atoms with Crippen molar-refractivity contribution in [2.45, 2.75) is 39.2 Å². The van der Waals surface area contributed by atoms with E-state index in [0.29, 0.717) is 6.54 Å². The molecule has 0 fully saturated rings. The van der Waals surface area contributed by atoms with E-state index < -0.39 is 0 Å². The average Bonchev–Trinajstić information content (AvgIpc) is 2.17. The molecule has 0 aliphatic heterocycles. The number of amides is 1. The minimum Gasteiger partial charge on any atom is -0.395 e. The fraction of sp³-hybridized carbons (Fsp3) is 0.800. The maximum atomic E-state index is 11.8. The summed E-state index contributed by atoms with van der Waals surface area (Å²) in [5, 5.41) is 8.90. The molecule has 0 atom stereocenters. The van der Waals surface area contributed by atoms with Gasteiger partial charge in [0, 0.05) is 12.6 Å². The highest BCUT2D eigenvalue weighted by atomic mass is 32.1. The molecule has 3 N–H and O–H groups in total. The maximum Gasteiger partial charge on any atom is 0.229 e. The third-order valence-corrected chi connectivity index (χ3v) is 2.51. The van der Waals surface area contributed by atoms with Gasteiger partial charge in [0.25, 0.3) is 0 Å². The summed E-state index contributed by atoms with van der Waals surface area (Å²) in [5.74, 6) is -0.0924. The number of hydrogen-bond acceptors (Lipinski definition) is 3. The van der Waals surface area contributed by atoms with Crippen LogP contribution in [-0.2, 0) is 4.79 Å². The molecule has 0 aromatic carbocycles. The van der Waals surface area contributed by atoms with E-state index in [1.165, 1.54) is 0 Å². The van der Waals surface area contributed by atoms with Crippen molar-refractivity contribution in [3.63, 3.8) is 0 Å². The molecule has 0 heterocycles. The van der Waals surface area contributed by atoms with Crippen molar-refractivity contribution in [1.82, 2.24) is 4.90 Å². The normalized spacial score (nSPS) is 10.4. The molecule has 15 heavy (non-hydrogen) atoms. The monoisotopic (exact) mass is 232 g/mol. The molecule has 0 aliphatic rings. The Kier molecular flexibility index (Phi) is 7.25. The van der Waals surface area contributed by atoms with E-state index in [2.05, 4.69) is 0 Å². The Morgan fingerprint density at radius 3 is 2.33 bits per heavy atom. The van der Waals surface area contributed by atoms with Crippen LogP contribution in [0.2, 0.25) is 0 Å². The van der Waals surface area contributed by atoms with Gasteiger partial charge in [-0.3, -0.25) is 4.79 Å². The van der Waals surface area contributed by atoms with Crippen LogP contribution in [0.3, 0.4) is 0 Å². The summed E-state index contributed by atoms with van der Waals surface area (Å²) < 4.78 is 0. The number of carbonyl (C=O) groups excluding carboxylic acids is 1. The summed E-state index contributed by atoms with van der Waals surface area (Å²) in [4.78, 5) is 13.6. The lowest BCUT2D eigenvalue weighted by Crippen LogP contribution is -2.42. The van der Waals surface area contributed by atoms with Crippen LogP contribution in [0, 0.1) is 0 Å². The second kappa shape index (κ2) is 7.59. The molecule has 0 saturated heterocycles. The standard InChI is InChI=1S/C10H20N2O2S/c1-3-8(4-2)12(5-6-13)10(14)7-9(11)15/h8,13H,3-7H2,1-2H3,(H2,11,15). The van der Waals surface area contributed by atoms with Gasteiger partial charge in [0.15, 0.2) is 0 Å². The van der Waals surface area contributed by atoms with Crippen LogP contribution in [0.25, 0.3) is 0 Å². The van der Waals surface area contributed by atoms with E-state index in [9.17, 15) is 4.79 Å². The van der Waals surface area contributed by atoms with E-state index in [1.807, 2.05) is 13.8 Å². The molecule has 0 aromatic heterocycles. The Morgan fingerprint density at radius 2 is 2.00 bits per heavy atom. The van der Waals surface area contributed by atoms with Crippen LogP contribution >= 0.6 is 12.2 Å². The summed E-state index contributed by atoms with van der Waals surface area (Å²) in [6.45, 7) is 4.37. The summed E-state index contributed by atoms with van der Waals surface area (Å²) in [5.41, 5.74) is 5.33. The van der Waals surface area contributed by atoms with Crippen molar-refractivity contribution in [2.75, 3.05) is 13.2 Å². The van der Waals surface area contributed by atoms with Crippen LogP contribution < -0.4 is 5.73 Å². The average molecular weight is 232 g/mol. The molecule has 88 valence electrons. The molecule has 1 amide bonds. The van der Waals surface area contributed by atoms with Gasteiger partial charge in [-0.05, 0) is 12.8 Å². The first-order valence-electron chi connectivity index (χ1n) is 5.25. The largest absolute Gasteiger partial charge is 0.395 e. The predicted octanol–water partition coefficient (Wildman–Crippen LogP) is 0.672. The van der Waals surface area contributed by atoms with E-state index in [4.69, 9.17) is 23.1 Å². The van der Waals surface area contributed by atoms with Crippen molar-refractivity contribution >= 4 is 23.1 Å². The molecule has 0 radical (unpaired) electrons. The van der Waals surface area contributed by atoms with Gasteiger partial charge in [-0.1, -0.05) is 26.1 Å². The van der Waals surface area contributed by atoms with Gasteiger partial charge >= 0.3 is 0 Å². The van der Waals surface area contributed by atoms with Crippen LogP contribution in [0.5, 0.6) is 0 Å². The van der Waals surface area contributed by atoms with Gasteiger partial charge in [0.05, 0.1) is 18.0 Å². The lowest BCUT2D eigenvalue weighted by Gasteiger charge is -2.29. The third kappa shape index (κ3) is 5.09. The van der Waals surface area contributed by atoms with Crippen molar-refractivity contribution in [3.8, 4) is 0 Å². The molecule has 0 aliphatic carbocycles. The van der Waals surface area contributed by atoms with E-state index in [0.717, 1.165) is 12.8 Å². The fourth-order valence-corrected chi connectivity index (χ4v) is 1.72. The molecule has 0 saturated carbocycles. The van der Waals surface area contributed by atoms with E-state index >= 15 is 0 Å². The van der Waals surface area contributed by atoms with Gasteiger partial charge < -0.3 is 15.7 Å². The molecule has 0 rings (SSSR count). The van der Waals surface area contributed by atoms with Crippen LogP contribution in [0.4, 0.5) is 0 Å². The van der Waals surface area contributed by atoms with Gasteiger partial charge in [-0.2, -0.15) is 0 Å². The summed E-state index contributed by atoms with van der Waals surface area (Å²) in [6.07, 6.45) is 1.84. The Balaban J connectivity index is 4.48. The number of nitrogens with two attached hydrogens (primary N) is 1. The zero-order chi connectivity index (χ0) is 11.8. The zero-order valence-corrected chi connectivity index (χ0v) is 10.2. The molecule has 0 aromatic rings. The smallest absolute Gasteiger partial charge is 0.229 e. The number of hydrogen-bond donors (Lipinski definition) is 2. The summed E-state index contributed by atoms with van der Waals surface area (Å²) in [7, 11) is 0. The lowest BCUT2D eigenvalue weighted by atomic mass is 10.1. The second-order valence-corrected chi connectivity index (χ2v) is 3.95. The Morgan fingerprint density at radius 1 is 1.47 bits per heavy atom. The van der Waals surface area contributed by atoms with E-state index in [1.54, 1.807) is 4.90 Å². The zero-order valence-electron chi connectivity index (χ0n) is 9.40. The first kappa shape index (κ1) is 14.3. The minimum absolute atomic E-state index is 0.0282. The van der Waals surface area contributed by atoms with Crippen LogP contribution in [0.15, 0.2) is 0 Å². The van der Waals surface area contributed by atoms with Crippen molar-refractivity contribution in [1.29, 1.82) is 0 Å². The fourth-order valence-electron chi connectivity index (χ4n) is 1.60. The topological polar surface area (TPSA) is 66.6 Å². The highest BCUT2D eigenvalue weighted by molar-refractivity contribution is 7.80. The molecule has 0 bridgehead atoms. The van der Waals surface area contributed by atoms with E-state index in [-0.39, 0.29) is 30.0 Å². The molecule has 4 nitrogen and oxygen atoms in total. The number of nitrogens with zero attached hydrogens (tertiary/aromatic N) is 1. The van der Waals surface area contributed by atoms with Crippen LogP contribution in [-0.4, -0.2) is 40.1 Å². The SMILES string of the molecule is CCC(CC)N(CCO)C(=O)CC(N)=S. The lowest BCUT2D eigenvalue weighted by molar-refractivity contribution is -0.132. The first-order valence-corrected chi connectivity index (χ1v) is 5.66. The maximum absolute atomic E-state index is 11.8. The van der Waals surface area contributed by atoms with Crippen molar-refractivity contribution in [2.24, 2.45) is 5.73 Å². The Hall–Kier alpha value is -0.680. The third-order valence-electron chi connectivity index (χ3n) is 2.37. The number of aliphatic hydroxyl groups excluding tert-OH is 1. The second-order valence-electron chi connectivity index (χ2n) is 3.42. The number of carbonyl (C=O) groups is 1. The molecular formula is C10H20N2O2S. The quantitative estimate of drug-likeness (QED) is 0.633. The van der Waals surface area contributed by atoms with Gasteiger partial charge in [0.1, 0.15) is 0 Å². The summed E-state index contributed by atoms with van der Waals surface area (Å²) >= 11 is 4.70. The molecule has 0 unspecified atom stereocenters. The molecule has 0 spiro atoms. The van der Waals surface area contributed by atoms with Gasteiger partial charge in [-0.25, -0.2) is 0 Å². The Labute approximate surface area is 96.4 Å². The predicted molar refractivity (Wildman–Crippen MR) is 64.6 cm³/mol. The Bertz CT molecular complexity index is 217. The van der Waals surface area contributed by atoms with Gasteiger partial charge in [-0.15, -0.1) is 0 Å². The first-order chi connectivity index (χ1) is 7.06.